The molecule has 6 nitrogen and oxygen atoms in total. The number of hydrogen-bond acceptors (Lipinski definition) is 5. The predicted molar refractivity (Wildman–Crippen MR) is 72.9 cm³/mol. The van der Waals surface area contributed by atoms with Crippen LogP contribution in [-0.2, 0) is 20.0 Å². The van der Waals surface area contributed by atoms with Gasteiger partial charge in [0, 0.05) is 51.3 Å². The van der Waals surface area contributed by atoms with Gasteiger partial charge in [0.25, 0.3) is 0 Å². The van der Waals surface area contributed by atoms with Crippen molar-refractivity contribution in [3.05, 3.63) is 35.5 Å². The summed E-state index contributed by atoms with van der Waals surface area (Å²) < 4.78 is 7.12. The molecule has 0 bridgehead atoms. The first-order valence-corrected chi connectivity index (χ1v) is 6.91. The van der Waals surface area contributed by atoms with Crippen molar-refractivity contribution in [2.45, 2.75) is 26.0 Å². The minimum Gasteiger partial charge on any atom is -0.391 e. The van der Waals surface area contributed by atoms with Crippen molar-refractivity contribution in [1.82, 2.24) is 19.8 Å². The highest BCUT2D eigenvalue weighted by Crippen LogP contribution is 2.23. The Morgan fingerprint density at radius 2 is 2.30 bits per heavy atom. The van der Waals surface area contributed by atoms with E-state index in [0.717, 1.165) is 36.7 Å². The summed E-state index contributed by atoms with van der Waals surface area (Å²) in [5.74, 6) is 1.06. The largest absolute Gasteiger partial charge is 0.391 e. The van der Waals surface area contributed by atoms with Crippen LogP contribution in [0.5, 0.6) is 0 Å². The fourth-order valence-electron chi connectivity index (χ4n) is 2.83. The maximum absolute atomic E-state index is 10.2. The van der Waals surface area contributed by atoms with Crippen LogP contribution < -0.4 is 0 Å². The first kappa shape index (κ1) is 13.3. The van der Waals surface area contributed by atoms with Gasteiger partial charge in [0.1, 0.15) is 5.76 Å². The Balaban J connectivity index is 1.60. The number of hydrogen-bond donors (Lipinski definition) is 1. The molecule has 2 aromatic rings. The summed E-state index contributed by atoms with van der Waals surface area (Å²) in [6, 6.07) is 3.95. The molecule has 0 radical (unpaired) electrons. The molecule has 0 amide bonds. The number of likely N-dealkylation sites (tertiary alicyclic amines) is 1. The Bertz CT molecular complexity index is 577. The number of aryl methyl sites for hydroxylation is 2. The standard InChI is InChI=1S/C14H20N4O2/c1-10-5-13(20-16-10)6-11-7-18(9-14(11)19)8-12-3-4-15-17(12)2/h3-5,11,14,19H,6-9H2,1-2H3/t11-,14-/m1/s1. The molecule has 1 aliphatic rings. The van der Waals surface area contributed by atoms with Crippen LogP contribution in [0.1, 0.15) is 17.1 Å². The molecule has 0 aliphatic carbocycles. The van der Waals surface area contributed by atoms with E-state index in [4.69, 9.17) is 4.52 Å². The van der Waals surface area contributed by atoms with Crippen molar-refractivity contribution in [2.24, 2.45) is 13.0 Å². The summed E-state index contributed by atoms with van der Waals surface area (Å²) in [5.41, 5.74) is 2.05. The Hall–Kier alpha value is -1.66. The lowest BCUT2D eigenvalue weighted by molar-refractivity contribution is 0.137. The van der Waals surface area contributed by atoms with Gasteiger partial charge >= 0.3 is 0 Å². The summed E-state index contributed by atoms with van der Waals surface area (Å²) >= 11 is 0. The predicted octanol–water partition coefficient (Wildman–Crippen LogP) is 0.752. The summed E-state index contributed by atoms with van der Waals surface area (Å²) in [4.78, 5) is 2.26. The maximum atomic E-state index is 10.2. The molecule has 2 aromatic heterocycles. The topological polar surface area (TPSA) is 67.3 Å². The highest BCUT2D eigenvalue weighted by molar-refractivity contribution is 5.06. The van der Waals surface area contributed by atoms with Gasteiger partial charge in [0.2, 0.25) is 0 Å². The minimum atomic E-state index is -0.311. The molecule has 0 aromatic carbocycles. The molecule has 0 saturated carbocycles. The van der Waals surface area contributed by atoms with E-state index >= 15 is 0 Å². The molecule has 20 heavy (non-hydrogen) atoms. The van der Waals surface area contributed by atoms with Crippen molar-refractivity contribution < 1.29 is 9.63 Å². The van der Waals surface area contributed by atoms with Crippen molar-refractivity contribution in [1.29, 1.82) is 0 Å². The Morgan fingerprint density at radius 1 is 1.45 bits per heavy atom. The summed E-state index contributed by atoms with van der Waals surface area (Å²) in [5, 5.41) is 18.3. The SMILES string of the molecule is Cc1cc(C[C@@H]2CN(Cc3ccnn3C)C[C@H]2O)on1. The van der Waals surface area contributed by atoms with E-state index in [1.165, 1.54) is 0 Å². The number of aromatic nitrogens is 3. The third-order valence-electron chi connectivity index (χ3n) is 3.93. The van der Waals surface area contributed by atoms with Crippen molar-refractivity contribution in [3.8, 4) is 0 Å². The third kappa shape index (κ3) is 2.76. The van der Waals surface area contributed by atoms with Crippen LogP contribution in [0.15, 0.2) is 22.9 Å². The molecule has 6 heteroatoms. The first-order chi connectivity index (χ1) is 9.61. The van der Waals surface area contributed by atoms with Gasteiger partial charge in [-0.1, -0.05) is 5.16 Å². The molecule has 108 valence electrons. The van der Waals surface area contributed by atoms with Gasteiger partial charge in [0.05, 0.1) is 17.5 Å². The average Bonchev–Trinajstić information content (AvgIpc) is 3.06. The fourth-order valence-corrected chi connectivity index (χ4v) is 2.83. The van der Waals surface area contributed by atoms with E-state index in [9.17, 15) is 5.11 Å². The van der Waals surface area contributed by atoms with Crippen LogP contribution in [0.25, 0.3) is 0 Å². The van der Waals surface area contributed by atoms with Crippen LogP contribution in [0.4, 0.5) is 0 Å². The second-order valence-electron chi connectivity index (χ2n) is 5.61. The smallest absolute Gasteiger partial charge is 0.137 e. The number of rotatable bonds is 4. The molecule has 1 saturated heterocycles. The molecule has 3 heterocycles. The van der Waals surface area contributed by atoms with E-state index in [1.807, 2.05) is 30.8 Å². The minimum absolute atomic E-state index is 0.204. The molecule has 3 rings (SSSR count). The zero-order chi connectivity index (χ0) is 14.1. The van der Waals surface area contributed by atoms with Gasteiger partial charge in [-0.05, 0) is 13.0 Å². The summed E-state index contributed by atoms with van der Waals surface area (Å²) in [6.07, 6.45) is 2.23. The first-order valence-electron chi connectivity index (χ1n) is 6.91. The lowest BCUT2D eigenvalue weighted by Gasteiger charge is -2.15. The van der Waals surface area contributed by atoms with Gasteiger partial charge in [-0.25, -0.2) is 0 Å². The van der Waals surface area contributed by atoms with E-state index in [1.54, 1.807) is 6.20 Å². The lowest BCUT2D eigenvalue weighted by Crippen LogP contribution is -2.22. The van der Waals surface area contributed by atoms with Crippen LogP contribution in [0.2, 0.25) is 0 Å². The molecular weight excluding hydrogens is 256 g/mol. The second kappa shape index (κ2) is 5.38. The lowest BCUT2D eigenvalue weighted by atomic mass is 10.0. The van der Waals surface area contributed by atoms with Gasteiger partial charge in [-0.3, -0.25) is 9.58 Å². The van der Waals surface area contributed by atoms with Crippen LogP contribution in [0, 0.1) is 12.8 Å². The second-order valence-corrected chi connectivity index (χ2v) is 5.61. The monoisotopic (exact) mass is 276 g/mol. The summed E-state index contributed by atoms with van der Waals surface area (Å²) in [6.45, 7) is 4.29. The van der Waals surface area contributed by atoms with Crippen molar-refractivity contribution in [2.75, 3.05) is 13.1 Å². The Kier molecular flexibility index (Phi) is 3.58. The third-order valence-corrected chi connectivity index (χ3v) is 3.93. The zero-order valence-corrected chi connectivity index (χ0v) is 11.9. The van der Waals surface area contributed by atoms with Gasteiger partial charge in [-0.2, -0.15) is 5.10 Å². The average molecular weight is 276 g/mol. The summed E-state index contributed by atoms with van der Waals surface area (Å²) in [7, 11) is 1.94. The Labute approximate surface area is 118 Å². The van der Waals surface area contributed by atoms with Gasteiger partial charge in [0.15, 0.2) is 0 Å². The number of β-amino-alcohol motifs (C(OH)–C–C–N with tert-alkyl or cyclic N) is 1. The normalized spacial score (nSPS) is 23.6. The highest BCUT2D eigenvalue weighted by atomic mass is 16.5. The van der Waals surface area contributed by atoms with E-state index < -0.39 is 0 Å². The van der Waals surface area contributed by atoms with Gasteiger partial charge in [-0.15, -0.1) is 0 Å². The molecule has 2 atom stereocenters. The fraction of sp³-hybridized carbons (Fsp3) is 0.571. The zero-order valence-electron chi connectivity index (χ0n) is 11.9. The van der Waals surface area contributed by atoms with Gasteiger partial charge < -0.3 is 9.63 Å². The molecule has 1 fully saturated rings. The van der Waals surface area contributed by atoms with E-state index in [0.29, 0.717) is 6.54 Å². The molecule has 1 N–H and O–H groups in total. The van der Waals surface area contributed by atoms with Crippen molar-refractivity contribution in [3.63, 3.8) is 0 Å². The van der Waals surface area contributed by atoms with E-state index in [2.05, 4.69) is 15.2 Å². The number of aliphatic hydroxyl groups excluding tert-OH is 1. The van der Waals surface area contributed by atoms with E-state index in [-0.39, 0.29) is 12.0 Å². The number of aliphatic hydroxyl groups is 1. The van der Waals surface area contributed by atoms with Crippen molar-refractivity contribution >= 4 is 0 Å². The maximum Gasteiger partial charge on any atom is 0.137 e. The van der Waals surface area contributed by atoms with Crippen LogP contribution >= 0.6 is 0 Å². The van der Waals surface area contributed by atoms with Crippen LogP contribution in [0.3, 0.4) is 0 Å². The quantitative estimate of drug-likeness (QED) is 0.892. The Morgan fingerprint density at radius 3 is 2.95 bits per heavy atom. The molecule has 1 aliphatic heterocycles. The molecule has 0 unspecified atom stereocenters. The van der Waals surface area contributed by atoms with Crippen LogP contribution in [-0.4, -0.2) is 44.1 Å². The molecule has 0 spiro atoms. The molecular formula is C14H20N4O2. The number of nitrogens with zero attached hydrogens (tertiary/aromatic N) is 4. The highest BCUT2D eigenvalue weighted by Gasteiger charge is 2.32.